The van der Waals surface area contributed by atoms with E-state index in [1.165, 1.54) is 0 Å². The summed E-state index contributed by atoms with van der Waals surface area (Å²) in [6.07, 6.45) is 1.73. The molecule has 0 amide bonds. The van der Waals surface area contributed by atoms with Crippen LogP contribution < -0.4 is 10.6 Å². The van der Waals surface area contributed by atoms with Crippen molar-refractivity contribution < 1.29 is 0 Å². The Kier molecular flexibility index (Phi) is 4.45. The van der Waals surface area contributed by atoms with Crippen LogP contribution in [0.25, 0.3) is 0 Å². The first-order valence-corrected chi connectivity index (χ1v) is 6.90. The molecule has 0 bridgehead atoms. The average Bonchev–Trinajstić information content (AvgIpc) is 2.36. The standard InChI is InChI=1S/C15H19ClN4/c1-15(2,3)20-13-8-9-17-14(19-13)18-10-11-6-4-5-7-12(11)16/h4-9H,10H2,1-3H3,(H2,17,18,19,20). The molecule has 0 saturated carbocycles. The van der Waals surface area contributed by atoms with Gasteiger partial charge in [0, 0.05) is 23.3 Å². The molecular weight excluding hydrogens is 272 g/mol. The van der Waals surface area contributed by atoms with E-state index in [-0.39, 0.29) is 5.54 Å². The first-order valence-electron chi connectivity index (χ1n) is 6.52. The van der Waals surface area contributed by atoms with Gasteiger partial charge in [-0.1, -0.05) is 29.8 Å². The van der Waals surface area contributed by atoms with Crippen molar-refractivity contribution in [2.45, 2.75) is 32.9 Å². The molecule has 1 aromatic carbocycles. The van der Waals surface area contributed by atoms with Crippen LogP contribution in [-0.4, -0.2) is 15.5 Å². The molecule has 1 heterocycles. The van der Waals surface area contributed by atoms with Gasteiger partial charge in [-0.2, -0.15) is 4.98 Å². The van der Waals surface area contributed by atoms with E-state index in [1.807, 2.05) is 30.3 Å². The first-order chi connectivity index (χ1) is 9.44. The van der Waals surface area contributed by atoms with E-state index in [0.29, 0.717) is 12.5 Å². The minimum Gasteiger partial charge on any atom is -0.365 e. The van der Waals surface area contributed by atoms with Crippen LogP contribution in [-0.2, 0) is 6.54 Å². The monoisotopic (exact) mass is 290 g/mol. The molecule has 0 fully saturated rings. The number of nitrogens with one attached hydrogen (secondary N) is 2. The Labute approximate surface area is 124 Å². The van der Waals surface area contributed by atoms with E-state index in [2.05, 4.69) is 41.4 Å². The lowest BCUT2D eigenvalue weighted by atomic mass is 10.1. The van der Waals surface area contributed by atoms with Crippen LogP contribution in [0.5, 0.6) is 0 Å². The Bertz CT molecular complexity index is 578. The van der Waals surface area contributed by atoms with Gasteiger partial charge in [0.05, 0.1) is 0 Å². The first kappa shape index (κ1) is 14.6. The van der Waals surface area contributed by atoms with E-state index in [4.69, 9.17) is 11.6 Å². The summed E-state index contributed by atoms with van der Waals surface area (Å²) < 4.78 is 0. The van der Waals surface area contributed by atoms with Gasteiger partial charge in [-0.05, 0) is 38.5 Å². The van der Waals surface area contributed by atoms with Crippen LogP contribution in [0.2, 0.25) is 5.02 Å². The van der Waals surface area contributed by atoms with Gasteiger partial charge in [0.25, 0.3) is 0 Å². The molecule has 106 valence electrons. The zero-order valence-electron chi connectivity index (χ0n) is 11.9. The van der Waals surface area contributed by atoms with Gasteiger partial charge in [-0.3, -0.25) is 0 Å². The number of aromatic nitrogens is 2. The van der Waals surface area contributed by atoms with Crippen molar-refractivity contribution in [3.05, 3.63) is 47.1 Å². The average molecular weight is 291 g/mol. The second-order valence-corrected chi connectivity index (χ2v) is 5.99. The zero-order chi connectivity index (χ0) is 14.6. The van der Waals surface area contributed by atoms with E-state index in [1.54, 1.807) is 6.20 Å². The fourth-order valence-electron chi connectivity index (χ4n) is 1.71. The number of anilines is 2. The molecule has 5 heteroatoms. The third-order valence-corrected chi connectivity index (χ3v) is 2.92. The maximum Gasteiger partial charge on any atom is 0.224 e. The maximum absolute atomic E-state index is 6.12. The molecule has 4 nitrogen and oxygen atoms in total. The van der Waals surface area contributed by atoms with Gasteiger partial charge >= 0.3 is 0 Å². The van der Waals surface area contributed by atoms with Gasteiger partial charge in [0.15, 0.2) is 0 Å². The highest BCUT2D eigenvalue weighted by Crippen LogP contribution is 2.17. The fourth-order valence-corrected chi connectivity index (χ4v) is 1.92. The van der Waals surface area contributed by atoms with Gasteiger partial charge < -0.3 is 10.6 Å². The van der Waals surface area contributed by atoms with E-state index < -0.39 is 0 Å². The Morgan fingerprint density at radius 3 is 2.60 bits per heavy atom. The molecule has 2 aromatic rings. The Balaban J connectivity index is 2.03. The summed E-state index contributed by atoms with van der Waals surface area (Å²) in [5, 5.41) is 7.23. The van der Waals surface area contributed by atoms with E-state index in [0.717, 1.165) is 16.4 Å². The number of rotatable bonds is 4. The molecule has 2 N–H and O–H groups in total. The number of hydrogen-bond donors (Lipinski definition) is 2. The topological polar surface area (TPSA) is 49.8 Å². The molecule has 0 unspecified atom stereocenters. The minimum atomic E-state index is -0.0334. The van der Waals surface area contributed by atoms with Crippen LogP contribution in [0.3, 0.4) is 0 Å². The molecule has 0 saturated heterocycles. The molecule has 2 rings (SSSR count). The Hall–Kier alpha value is -1.81. The third-order valence-electron chi connectivity index (χ3n) is 2.55. The van der Waals surface area contributed by atoms with Crippen LogP contribution in [0.4, 0.5) is 11.8 Å². The molecule has 0 radical (unpaired) electrons. The highest BCUT2D eigenvalue weighted by atomic mass is 35.5. The van der Waals surface area contributed by atoms with Crippen LogP contribution >= 0.6 is 11.6 Å². The van der Waals surface area contributed by atoms with Crippen molar-refractivity contribution in [3.63, 3.8) is 0 Å². The largest absolute Gasteiger partial charge is 0.365 e. The highest BCUT2D eigenvalue weighted by Gasteiger charge is 2.10. The van der Waals surface area contributed by atoms with Crippen LogP contribution in [0, 0.1) is 0 Å². The van der Waals surface area contributed by atoms with E-state index in [9.17, 15) is 0 Å². The molecular formula is C15H19ClN4. The Morgan fingerprint density at radius 2 is 1.90 bits per heavy atom. The van der Waals surface area contributed by atoms with Crippen molar-refractivity contribution in [3.8, 4) is 0 Å². The van der Waals surface area contributed by atoms with E-state index >= 15 is 0 Å². The van der Waals surface area contributed by atoms with Crippen molar-refractivity contribution in [2.75, 3.05) is 10.6 Å². The second kappa shape index (κ2) is 6.09. The molecule has 0 atom stereocenters. The molecule has 0 aliphatic carbocycles. The molecule has 20 heavy (non-hydrogen) atoms. The maximum atomic E-state index is 6.12. The molecule has 0 aliphatic heterocycles. The van der Waals surface area contributed by atoms with Crippen molar-refractivity contribution >= 4 is 23.4 Å². The van der Waals surface area contributed by atoms with Crippen LogP contribution in [0.15, 0.2) is 36.5 Å². The van der Waals surface area contributed by atoms with Gasteiger partial charge in [0.2, 0.25) is 5.95 Å². The smallest absolute Gasteiger partial charge is 0.224 e. The summed E-state index contributed by atoms with van der Waals surface area (Å²) in [6.45, 7) is 6.86. The summed E-state index contributed by atoms with van der Waals surface area (Å²) in [5.74, 6) is 1.38. The summed E-state index contributed by atoms with van der Waals surface area (Å²) in [5.41, 5.74) is 0.987. The van der Waals surface area contributed by atoms with Gasteiger partial charge in [0.1, 0.15) is 5.82 Å². The lowest BCUT2D eigenvalue weighted by Gasteiger charge is -2.21. The lowest BCUT2D eigenvalue weighted by Crippen LogP contribution is -2.26. The summed E-state index contributed by atoms with van der Waals surface area (Å²) in [6, 6.07) is 9.58. The van der Waals surface area contributed by atoms with Gasteiger partial charge in [-0.25, -0.2) is 4.98 Å². The minimum absolute atomic E-state index is 0.0334. The third kappa shape index (κ3) is 4.38. The molecule has 0 aliphatic rings. The quantitative estimate of drug-likeness (QED) is 0.895. The zero-order valence-corrected chi connectivity index (χ0v) is 12.7. The van der Waals surface area contributed by atoms with Crippen molar-refractivity contribution in [1.82, 2.24) is 9.97 Å². The number of nitrogens with zero attached hydrogens (tertiary/aromatic N) is 2. The van der Waals surface area contributed by atoms with Crippen molar-refractivity contribution in [1.29, 1.82) is 0 Å². The number of hydrogen-bond acceptors (Lipinski definition) is 4. The molecule has 0 spiro atoms. The molecule has 1 aromatic heterocycles. The lowest BCUT2D eigenvalue weighted by molar-refractivity contribution is 0.630. The Morgan fingerprint density at radius 1 is 1.15 bits per heavy atom. The highest BCUT2D eigenvalue weighted by molar-refractivity contribution is 6.31. The summed E-state index contributed by atoms with van der Waals surface area (Å²) in [7, 11) is 0. The van der Waals surface area contributed by atoms with Crippen molar-refractivity contribution in [2.24, 2.45) is 0 Å². The SMILES string of the molecule is CC(C)(C)Nc1ccnc(NCc2ccccc2Cl)n1. The summed E-state index contributed by atoms with van der Waals surface area (Å²) >= 11 is 6.12. The predicted molar refractivity (Wildman–Crippen MR) is 84.2 cm³/mol. The predicted octanol–water partition coefficient (Wildman–Crippen LogP) is 3.95. The fraction of sp³-hybridized carbons (Fsp3) is 0.333. The van der Waals surface area contributed by atoms with Gasteiger partial charge in [-0.15, -0.1) is 0 Å². The summed E-state index contributed by atoms with van der Waals surface area (Å²) in [4.78, 5) is 8.64. The van der Waals surface area contributed by atoms with Crippen LogP contribution in [0.1, 0.15) is 26.3 Å². The number of benzene rings is 1. The number of halogens is 1. The second-order valence-electron chi connectivity index (χ2n) is 5.59. The normalized spacial score (nSPS) is 11.2.